The van der Waals surface area contributed by atoms with Crippen molar-refractivity contribution in [3.8, 4) is 5.75 Å². The summed E-state index contributed by atoms with van der Waals surface area (Å²) in [6.45, 7) is 0. The fourth-order valence-corrected chi connectivity index (χ4v) is 2.02. The molecule has 2 aromatic rings. The van der Waals surface area contributed by atoms with E-state index in [1.807, 2.05) is 0 Å². The molecule has 1 aromatic carbocycles. The van der Waals surface area contributed by atoms with Crippen molar-refractivity contribution in [3.05, 3.63) is 40.2 Å². The SMILES string of the molecule is COC(=O)c1cc2ccc(OS(=O)(=O)C(F)(F)F)cc2oc1=O. The van der Waals surface area contributed by atoms with Crippen LogP contribution in [0.1, 0.15) is 10.4 Å². The molecule has 23 heavy (non-hydrogen) atoms. The van der Waals surface area contributed by atoms with Crippen molar-refractivity contribution in [2.24, 2.45) is 0 Å². The molecule has 1 aromatic heterocycles. The summed E-state index contributed by atoms with van der Waals surface area (Å²) >= 11 is 0. The van der Waals surface area contributed by atoms with Gasteiger partial charge in [-0.15, -0.1) is 0 Å². The van der Waals surface area contributed by atoms with E-state index in [2.05, 4.69) is 8.92 Å². The highest BCUT2D eigenvalue weighted by Crippen LogP contribution is 2.28. The molecule has 0 saturated heterocycles. The van der Waals surface area contributed by atoms with Crippen molar-refractivity contribution in [2.45, 2.75) is 5.51 Å². The monoisotopic (exact) mass is 352 g/mol. The van der Waals surface area contributed by atoms with Gasteiger partial charge in [-0.2, -0.15) is 21.6 Å². The molecule has 0 radical (unpaired) electrons. The second-order valence-electron chi connectivity index (χ2n) is 4.12. The zero-order chi connectivity index (χ0) is 17.4. The minimum Gasteiger partial charge on any atom is -0.465 e. The lowest BCUT2D eigenvalue weighted by atomic mass is 10.2. The highest BCUT2D eigenvalue weighted by Gasteiger charge is 2.48. The van der Waals surface area contributed by atoms with Gasteiger partial charge in [0.1, 0.15) is 16.9 Å². The molecule has 0 saturated carbocycles. The Morgan fingerprint density at radius 2 is 1.87 bits per heavy atom. The Kier molecular flexibility index (Phi) is 4.07. The van der Waals surface area contributed by atoms with Gasteiger partial charge in [0.05, 0.1) is 7.11 Å². The minimum atomic E-state index is -5.85. The van der Waals surface area contributed by atoms with E-state index >= 15 is 0 Å². The van der Waals surface area contributed by atoms with Crippen LogP contribution in [0.2, 0.25) is 0 Å². The van der Waals surface area contributed by atoms with Crippen LogP contribution in [0.5, 0.6) is 5.75 Å². The van der Waals surface area contributed by atoms with Crippen LogP contribution in [0.3, 0.4) is 0 Å². The summed E-state index contributed by atoms with van der Waals surface area (Å²) in [5.74, 6) is -1.66. The highest BCUT2D eigenvalue weighted by atomic mass is 32.2. The predicted molar refractivity (Wildman–Crippen MR) is 69.4 cm³/mol. The number of hydrogen-bond acceptors (Lipinski definition) is 7. The fourth-order valence-electron chi connectivity index (χ4n) is 1.57. The molecule has 0 bridgehead atoms. The molecule has 0 aliphatic heterocycles. The zero-order valence-electron chi connectivity index (χ0n) is 11.2. The number of carbonyl (C=O) groups is 1. The number of hydrogen-bond donors (Lipinski definition) is 0. The van der Waals surface area contributed by atoms with Crippen molar-refractivity contribution in [2.75, 3.05) is 7.11 Å². The third-order valence-electron chi connectivity index (χ3n) is 2.60. The number of benzene rings is 1. The standard InChI is InChI=1S/C12H7F3O7S/c1-20-10(16)8-4-6-2-3-7(5-9(6)21-11(8)17)22-23(18,19)12(13,14)15/h2-5H,1H3. The van der Waals surface area contributed by atoms with E-state index in [4.69, 9.17) is 4.42 Å². The van der Waals surface area contributed by atoms with Crippen LogP contribution in [-0.2, 0) is 14.9 Å². The smallest absolute Gasteiger partial charge is 0.465 e. The van der Waals surface area contributed by atoms with Gasteiger partial charge in [-0.1, -0.05) is 0 Å². The van der Waals surface area contributed by atoms with Gasteiger partial charge in [-0.25, -0.2) is 9.59 Å². The van der Waals surface area contributed by atoms with Gasteiger partial charge in [-0.05, 0) is 18.2 Å². The first-order valence-electron chi connectivity index (χ1n) is 5.72. The molecule has 124 valence electrons. The van der Waals surface area contributed by atoms with Gasteiger partial charge in [0.25, 0.3) is 0 Å². The van der Waals surface area contributed by atoms with Gasteiger partial charge in [0.2, 0.25) is 0 Å². The first-order valence-corrected chi connectivity index (χ1v) is 7.13. The maximum absolute atomic E-state index is 12.2. The van der Waals surface area contributed by atoms with Crippen LogP contribution < -0.4 is 9.81 Å². The Balaban J connectivity index is 2.49. The Labute approximate surface area is 126 Å². The lowest BCUT2D eigenvalue weighted by molar-refractivity contribution is -0.0500. The molecule has 0 aliphatic rings. The Hall–Kier alpha value is -2.56. The number of halogens is 3. The molecular formula is C12H7F3O7S. The maximum atomic E-state index is 12.2. The van der Waals surface area contributed by atoms with E-state index in [1.165, 1.54) is 0 Å². The average Bonchev–Trinajstić information content (AvgIpc) is 2.44. The molecule has 1 heterocycles. The first-order chi connectivity index (χ1) is 10.5. The van der Waals surface area contributed by atoms with Crippen molar-refractivity contribution < 1.29 is 39.7 Å². The predicted octanol–water partition coefficient (Wildman–Crippen LogP) is 1.81. The molecule has 0 aliphatic carbocycles. The van der Waals surface area contributed by atoms with Crippen molar-refractivity contribution in [1.29, 1.82) is 0 Å². The Morgan fingerprint density at radius 1 is 1.22 bits per heavy atom. The third-order valence-corrected chi connectivity index (χ3v) is 3.58. The average molecular weight is 352 g/mol. The summed E-state index contributed by atoms with van der Waals surface area (Å²) in [7, 11) is -4.80. The van der Waals surface area contributed by atoms with E-state index < -0.39 is 38.5 Å². The van der Waals surface area contributed by atoms with Gasteiger partial charge >= 0.3 is 27.2 Å². The lowest BCUT2D eigenvalue weighted by Crippen LogP contribution is -2.28. The summed E-state index contributed by atoms with van der Waals surface area (Å²) in [5.41, 5.74) is -7.38. The summed E-state index contributed by atoms with van der Waals surface area (Å²) in [5, 5.41) is 0.154. The van der Waals surface area contributed by atoms with Crippen LogP contribution in [0.25, 0.3) is 11.0 Å². The van der Waals surface area contributed by atoms with Crippen molar-refractivity contribution in [3.63, 3.8) is 0 Å². The number of rotatable bonds is 3. The van der Waals surface area contributed by atoms with Crippen LogP contribution >= 0.6 is 0 Å². The molecule has 11 heteroatoms. The van der Waals surface area contributed by atoms with Crippen LogP contribution in [0.4, 0.5) is 13.2 Å². The van der Waals surface area contributed by atoms with Gasteiger partial charge in [0, 0.05) is 11.5 Å². The number of esters is 1. The van der Waals surface area contributed by atoms with E-state index in [9.17, 15) is 31.2 Å². The molecule has 2 rings (SSSR count). The minimum absolute atomic E-state index is 0.154. The van der Waals surface area contributed by atoms with E-state index in [0.29, 0.717) is 0 Å². The van der Waals surface area contributed by atoms with Gasteiger partial charge < -0.3 is 13.3 Å². The zero-order valence-corrected chi connectivity index (χ0v) is 12.0. The topological polar surface area (TPSA) is 99.9 Å². The van der Waals surface area contributed by atoms with Crippen LogP contribution in [-0.4, -0.2) is 27.0 Å². The van der Waals surface area contributed by atoms with E-state index in [0.717, 1.165) is 31.4 Å². The van der Waals surface area contributed by atoms with Crippen molar-refractivity contribution in [1.82, 2.24) is 0 Å². The normalized spacial score (nSPS) is 12.2. The maximum Gasteiger partial charge on any atom is 0.534 e. The van der Waals surface area contributed by atoms with Gasteiger partial charge in [-0.3, -0.25) is 0 Å². The largest absolute Gasteiger partial charge is 0.534 e. The number of ether oxygens (including phenoxy) is 1. The fraction of sp³-hybridized carbons (Fsp3) is 0.167. The van der Waals surface area contributed by atoms with E-state index in [1.54, 1.807) is 0 Å². The molecule has 0 atom stereocenters. The molecule has 0 amide bonds. The lowest BCUT2D eigenvalue weighted by Gasteiger charge is -2.09. The number of alkyl halides is 3. The Bertz CT molecular complexity index is 928. The molecular weight excluding hydrogens is 345 g/mol. The first kappa shape index (κ1) is 16.8. The van der Waals surface area contributed by atoms with E-state index in [-0.39, 0.29) is 11.0 Å². The molecule has 0 fully saturated rings. The quantitative estimate of drug-likeness (QED) is 0.359. The molecule has 0 spiro atoms. The molecule has 0 unspecified atom stereocenters. The van der Waals surface area contributed by atoms with Crippen LogP contribution in [0, 0.1) is 0 Å². The summed E-state index contributed by atoms with van der Waals surface area (Å²) in [6.07, 6.45) is 0. The summed E-state index contributed by atoms with van der Waals surface area (Å²) in [6, 6.07) is 3.90. The molecule has 0 N–H and O–H groups in total. The third kappa shape index (κ3) is 3.28. The molecule has 7 nitrogen and oxygen atoms in total. The van der Waals surface area contributed by atoms with Crippen molar-refractivity contribution >= 4 is 27.1 Å². The van der Waals surface area contributed by atoms with Crippen LogP contribution in [0.15, 0.2) is 33.5 Å². The summed E-state index contributed by atoms with van der Waals surface area (Å²) in [4.78, 5) is 22.9. The second-order valence-corrected chi connectivity index (χ2v) is 5.66. The number of carbonyl (C=O) groups excluding carboxylic acids is 1. The van der Waals surface area contributed by atoms with Gasteiger partial charge in [0.15, 0.2) is 0 Å². The number of methoxy groups -OCH3 is 1. The highest BCUT2D eigenvalue weighted by molar-refractivity contribution is 7.88. The second kappa shape index (κ2) is 5.57. The number of fused-ring (bicyclic) bond motifs is 1. The summed E-state index contributed by atoms with van der Waals surface area (Å²) < 4.78 is 71.5. The Morgan fingerprint density at radius 3 is 2.43 bits per heavy atom.